The highest BCUT2D eigenvalue weighted by atomic mass is 79.9. The van der Waals surface area contributed by atoms with Crippen LogP contribution in [0, 0.1) is 0 Å². The summed E-state index contributed by atoms with van der Waals surface area (Å²) in [4.78, 5) is 20.1. The summed E-state index contributed by atoms with van der Waals surface area (Å²) >= 11 is 3.55. The fraction of sp³-hybridized carbons (Fsp3) is 0.261. The van der Waals surface area contributed by atoms with Gasteiger partial charge in [0.05, 0.1) is 41.4 Å². The van der Waals surface area contributed by atoms with Crippen LogP contribution in [0.1, 0.15) is 27.5 Å². The first-order valence-electron chi connectivity index (χ1n) is 10.2. The summed E-state index contributed by atoms with van der Waals surface area (Å²) in [7, 11) is 1.87. The van der Waals surface area contributed by atoms with Crippen molar-refractivity contribution in [3.63, 3.8) is 0 Å². The lowest BCUT2D eigenvalue weighted by Gasteiger charge is -2.38. The monoisotopic (exact) mass is 477 g/mol. The molecule has 7 nitrogen and oxygen atoms in total. The van der Waals surface area contributed by atoms with Crippen molar-refractivity contribution in [2.45, 2.75) is 18.6 Å². The van der Waals surface area contributed by atoms with E-state index in [9.17, 15) is 4.79 Å². The highest BCUT2D eigenvalue weighted by Gasteiger charge is 2.42. The number of nitrogen functional groups attached to an aromatic ring is 1. The molecule has 2 atom stereocenters. The molecule has 156 valence electrons. The van der Waals surface area contributed by atoms with Gasteiger partial charge in [0.1, 0.15) is 5.82 Å². The molecule has 1 fully saturated rings. The number of ether oxygens (including phenoxy) is 1. The lowest BCUT2D eigenvalue weighted by Crippen LogP contribution is -2.46. The zero-order chi connectivity index (χ0) is 21.3. The van der Waals surface area contributed by atoms with Crippen LogP contribution in [0.15, 0.2) is 47.1 Å². The minimum absolute atomic E-state index is 0.00288. The number of nitrogens with zero attached hydrogens (tertiary/aromatic N) is 4. The van der Waals surface area contributed by atoms with Crippen LogP contribution in [0.25, 0.3) is 21.8 Å². The number of aromatic nitrogens is 3. The zero-order valence-corrected chi connectivity index (χ0v) is 18.5. The van der Waals surface area contributed by atoms with E-state index in [1.54, 1.807) is 10.9 Å². The second-order valence-electron chi connectivity index (χ2n) is 8.16. The third kappa shape index (κ3) is 2.78. The number of halogens is 1. The second kappa shape index (κ2) is 6.77. The summed E-state index contributed by atoms with van der Waals surface area (Å²) in [6.07, 6.45) is 2.53. The summed E-state index contributed by atoms with van der Waals surface area (Å²) in [5, 5.41) is 5.99. The van der Waals surface area contributed by atoms with Crippen LogP contribution in [-0.4, -0.2) is 44.8 Å². The van der Waals surface area contributed by atoms with Crippen LogP contribution in [0.4, 0.5) is 5.82 Å². The average molecular weight is 478 g/mol. The van der Waals surface area contributed by atoms with Crippen molar-refractivity contribution in [2.24, 2.45) is 7.05 Å². The van der Waals surface area contributed by atoms with Crippen molar-refractivity contribution in [1.82, 2.24) is 19.7 Å². The standard InChI is InChI=1S/C23H20BrN5O2/c1-28-20-16-9-12(2-5-18(16)27-22(25)17(20)11-26-28)23(30)29-6-7-31-19-10-13-8-14(24)3-4-15(13)21(19)29/h2-5,8-9,11,19,21H,6-7,10H2,1H3,(H2,25,27). The van der Waals surface area contributed by atoms with E-state index in [1.165, 1.54) is 11.1 Å². The van der Waals surface area contributed by atoms with E-state index in [-0.39, 0.29) is 18.1 Å². The molecule has 1 aliphatic carbocycles. The Morgan fingerprint density at radius 1 is 1.23 bits per heavy atom. The van der Waals surface area contributed by atoms with E-state index in [0.29, 0.717) is 24.5 Å². The Morgan fingerprint density at radius 3 is 2.97 bits per heavy atom. The van der Waals surface area contributed by atoms with Gasteiger partial charge in [-0.1, -0.05) is 22.0 Å². The Bertz CT molecular complexity index is 1380. The average Bonchev–Trinajstić information content (AvgIpc) is 3.33. The first-order chi connectivity index (χ1) is 15.0. The molecule has 31 heavy (non-hydrogen) atoms. The highest BCUT2D eigenvalue weighted by molar-refractivity contribution is 9.10. The number of hydrogen-bond acceptors (Lipinski definition) is 5. The molecule has 0 saturated carbocycles. The van der Waals surface area contributed by atoms with Crippen molar-refractivity contribution in [3.05, 3.63) is 63.8 Å². The largest absolute Gasteiger partial charge is 0.383 e. The quantitative estimate of drug-likeness (QED) is 0.452. The molecule has 2 aromatic carbocycles. The van der Waals surface area contributed by atoms with Gasteiger partial charge in [0, 0.05) is 35.4 Å². The van der Waals surface area contributed by atoms with E-state index < -0.39 is 0 Å². The first-order valence-corrected chi connectivity index (χ1v) is 11.0. The van der Waals surface area contributed by atoms with Crippen LogP contribution in [0.5, 0.6) is 0 Å². The van der Waals surface area contributed by atoms with Gasteiger partial charge in [0.15, 0.2) is 0 Å². The van der Waals surface area contributed by atoms with Crippen LogP contribution in [0.3, 0.4) is 0 Å². The van der Waals surface area contributed by atoms with Gasteiger partial charge in [0.25, 0.3) is 5.91 Å². The lowest BCUT2D eigenvalue weighted by atomic mass is 10.0. The summed E-state index contributed by atoms with van der Waals surface area (Å²) in [5.41, 5.74) is 10.8. The van der Waals surface area contributed by atoms with Crippen LogP contribution in [-0.2, 0) is 18.2 Å². The minimum atomic E-state index is -0.0682. The number of nitrogens with two attached hydrogens (primary N) is 1. The number of pyridine rings is 1. The Balaban J connectivity index is 1.45. The van der Waals surface area contributed by atoms with Gasteiger partial charge in [-0.15, -0.1) is 0 Å². The smallest absolute Gasteiger partial charge is 0.254 e. The Labute approximate surface area is 186 Å². The Kier molecular flexibility index (Phi) is 4.10. The number of carbonyl (C=O) groups excluding carboxylic acids is 1. The third-order valence-corrected chi connectivity index (χ3v) is 6.91. The number of amides is 1. The number of aryl methyl sites for hydroxylation is 1. The molecule has 1 aliphatic heterocycles. The molecular weight excluding hydrogens is 458 g/mol. The molecule has 0 radical (unpaired) electrons. The predicted molar refractivity (Wildman–Crippen MR) is 122 cm³/mol. The second-order valence-corrected chi connectivity index (χ2v) is 9.07. The molecule has 2 unspecified atom stereocenters. The SMILES string of the molecule is Cn1ncc2c(N)nc3ccc(C(=O)N4CCOC5Cc6cc(Br)ccc6C54)cc3c21. The van der Waals surface area contributed by atoms with Gasteiger partial charge in [-0.05, 0) is 41.5 Å². The maximum atomic E-state index is 13.7. The number of fused-ring (bicyclic) bond motifs is 6. The van der Waals surface area contributed by atoms with Gasteiger partial charge in [0.2, 0.25) is 0 Å². The van der Waals surface area contributed by atoms with E-state index in [4.69, 9.17) is 10.5 Å². The highest BCUT2D eigenvalue weighted by Crippen LogP contribution is 2.41. The predicted octanol–water partition coefficient (Wildman–Crippen LogP) is 3.60. The molecule has 1 saturated heterocycles. The number of carbonyl (C=O) groups is 1. The van der Waals surface area contributed by atoms with Gasteiger partial charge in [-0.25, -0.2) is 4.98 Å². The van der Waals surface area contributed by atoms with Crippen LogP contribution >= 0.6 is 15.9 Å². The van der Waals surface area contributed by atoms with Crippen molar-refractivity contribution in [2.75, 3.05) is 18.9 Å². The summed E-state index contributed by atoms with van der Waals surface area (Å²) in [5.74, 6) is 0.447. The number of morpholine rings is 1. The van der Waals surface area contributed by atoms with E-state index in [2.05, 4.69) is 38.1 Å². The van der Waals surface area contributed by atoms with Gasteiger partial charge in [-0.2, -0.15) is 5.10 Å². The molecular formula is C23H20BrN5O2. The van der Waals surface area contributed by atoms with E-state index in [0.717, 1.165) is 32.7 Å². The van der Waals surface area contributed by atoms with Crippen molar-refractivity contribution < 1.29 is 9.53 Å². The lowest BCUT2D eigenvalue weighted by molar-refractivity contribution is -0.0516. The number of anilines is 1. The van der Waals surface area contributed by atoms with Crippen LogP contribution < -0.4 is 5.73 Å². The van der Waals surface area contributed by atoms with Crippen molar-refractivity contribution in [1.29, 1.82) is 0 Å². The fourth-order valence-corrected chi connectivity index (χ4v) is 5.42. The number of rotatable bonds is 1. The van der Waals surface area contributed by atoms with E-state index >= 15 is 0 Å². The normalized spacial score (nSPS) is 20.3. The summed E-state index contributed by atoms with van der Waals surface area (Å²) in [6, 6.07) is 11.8. The number of benzene rings is 2. The molecule has 2 N–H and O–H groups in total. The minimum Gasteiger partial charge on any atom is -0.383 e. The van der Waals surface area contributed by atoms with Crippen LogP contribution in [0.2, 0.25) is 0 Å². The summed E-state index contributed by atoms with van der Waals surface area (Å²) < 4.78 is 8.87. The Morgan fingerprint density at radius 2 is 2.10 bits per heavy atom. The summed E-state index contributed by atoms with van der Waals surface area (Å²) in [6.45, 7) is 1.11. The van der Waals surface area contributed by atoms with Gasteiger partial charge >= 0.3 is 0 Å². The molecule has 1 amide bonds. The molecule has 2 aliphatic rings. The first kappa shape index (κ1) is 18.8. The third-order valence-electron chi connectivity index (χ3n) is 6.41. The van der Waals surface area contributed by atoms with Gasteiger partial charge < -0.3 is 15.4 Å². The topological polar surface area (TPSA) is 86.3 Å². The van der Waals surface area contributed by atoms with E-state index in [1.807, 2.05) is 36.2 Å². The Hall–Kier alpha value is -2.97. The number of hydrogen-bond donors (Lipinski definition) is 1. The fourth-order valence-electron chi connectivity index (χ4n) is 5.01. The molecule has 0 bridgehead atoms. The zero-order valence-electron chi connectivity index (χ0n) is 16.9. The molecule has 3 heterocycles. The maximum absolute atomic E-state index is 13.7. The maximum Gasteiger partial charge on any atom is 0.254 e. The van der Waals surface area contributed by atoms with Crippen molar-refractivity contribution >= 4 is 49.5 Å². The molecule has 0 spiro atoms. The molecule has 4 aromatic rings. The molecule has 8 heteroatoms. The van der Waals surface area contributed by atoms with Gasteiger partial charge in [-0.3, -0.25) is 9.48 Å². The molecule has 2 aromatic heterocycles. The van der Waals surface area contributed by atoms with Crippen molar-refractivity contribution in [3.8, 4) is 0 Å². The molecule has 6 rings (SSSR count).